The van der Waals surface area contributed by atoms with Gasteiger partial charge in [-0.2, -0.15) is 0 Å². The van der Waals surface area contributed by atoms with Gasteiger partial charge in [-0.1, -0.05) is 19.9 Å². The number of benzene rings is 1. The molecule has 0 fully saturated rings. The minimum absolute atomic E-state index is 0.0290. The van der Waals surface area contributed by atoms with E-state index in [-0.39, 0.29) is 50.2 Å². The quantitative estimate of drug-likeness (QED) is 0.231. The first-order chi connectivity index (χ1) is 16.5. The van der Waals surface area contributed by atoms with E-state index in [0.717, 1.165) is 0 Å². The zero-order valence-electron chi connectivity index (χ0n) is 20.5. The minimum atomic E-state index is -1.15. The molecule has 0 saturated heterocycles. The van der Waals surface area contributed by atoms with E-state index in [2.05, 4.69) is 5.32 Å². The summed E-state index contributed by atoms with van der Waals surface area (Å²) in [5, 5.41) is 12.4. The van der Waals surface area contributed by atoms with Crippen molar-refractivity contribution in [2.75, 3.05) is 26.4 Å². The van der Waals surface area contributed by atoms with Crippen LogP contribution >= 0.6 is 0 Å². The summed E-state index contributed by atoms with van der Waals surface area (Å²) in [4.78, 5) is 46.9. The third-order valence-corrected chi connectivity index (χ3v) is 4.14. The summed E-state index contributed by atoms with van der Waals surface area (Å²) in [7, 11) is 0. The second-order valence-electron chi connectivity index (χ2n) is 7.74. The fraction of sp³-hybridized carbons (Fsp3) is 0.565. The summed E-state index contributed by atoms with van der Waals surface area (Å²) in [5.41, 5.74) is 0.449. The van der Waals surface area contributed by atoms with Crippen LogP contribution in [0.4, 0.5) is 14.4 Å². The number of hydrogen-bond acceptors (Lipinski definition) is 11. The van der Waals surface area contributed by atoms with E-state index in [4.69, 9.17) is 28.4 Å². The highest BCUT2D eigenvalue weighted by atomic mass is 16.7. The normalized spacial score (nSPS) is 12.3. The maximum absolute atomic E-state index is 11.8. The van der Waals surface area contributed by atoms with Gasteiger partial charge >= 0.3 is 24.4 Å². The average Bonchev–Trinajstić information content (AvgIpc) is 2.77. The van der Waals surface area contributed by atoms with Crippen LogP contribution < -0.4 is 14.8 Å². The number of aliphatic carboxylic acids is 1. The Labute approximate surface area is 203 Å². The lowest BCUT2D eigenvalue weighted by atomic mass is 10.0. The molecule has 1 unspecified atom stereocenters. The third kappa shape index (κ3) is 11.9. The Hall–Kier alpha value is -3.54. The topological polar surface area (TPSA) is 156 Å². The molecule has 0 saturated carbocycles. The number of carbonyl (C=O) groups is 4. The number of ether oxygens (including phenoxy) is 6. The number of nitrogens with one attached hydrogen (secondary N) is 1. The molecule has 0 aliphatic rings. The number of carboxylic acids is 1. The first-order valence-corrected chi connectivity index (χ1v) is 11.2. The first-order valence-electron chi connectivity index (χ1n) is 11.2. The summed E-state index contributed by atoms with van der Waals surface area (Å²) in [6, 6.07) is 3.13. The third-order valence-electron chi connectivity index (χ3n) is 4.14. The molecule has 2 atom stereocenters. The highest BCUT2D eigenvalue weighted by molar-refractivity contribution is 5.74. The molecule has 0 aromatic heterocycles. The summed E-state index contributed by atoms with van der Waals surface area (Å²) in [5.74, 6) is -1.26. The molecule has 0 bridgehead atoms. The molecule has 12 heteroatoms. The standard InChI is InChI=1S/C23H33NO11/c1-6-30-21(27)34-18-9-8-16(11-19(18)35-22(28)31-7-2)10-17(20(25)26)24-12-15(5)33-23(29)32-13-14(3)4/h8-9,11,14-15,17,24H,6-7,10,12-13H2,1-5H3,(H,25,26)/t15?,17-/m0/s1. The molecule has 0 radical (unpaired) electrons. The van der Waals surface area contributed by atoms with Gasteiger partial charge in [-0.3, -0.25) is 4.79 Å². The van der Waals surface area contributed by atoms with Crippen molar-refractivity contribution in [3.63, 3.8) is 0 Å². The Kier molecular flexibility index (Phi) is 13.0. The second kappa shape index (κ2) is 15.4. The van der Waals surface area contributed by atoms with Gasteiger partial charge in [-0.05, 0) is 50.8 Å². The van der Waals surface area contributed by atoms with E-state index >= 15 is 0 Å². The van der Waals surface area contributed by atoms with Gasteiger partial charge in [-0.15, -0.1) is 0 Å². The summed E-state index contributed by atoms with van der Waals surface area (Å²) in [6.45, 7) is 8.94. The predicted octanol–water partition coefficient (Wildman–Crippen LogP) is 3.54. The van der Waals surface area contributed by atoms with E-state index in [0.29, 0.717) is 5.56 Å². The molecule has 0 amide bonds. The van der Waals surface area contributed by atoms with Crippen LogP contribution in [0.5, 0.6) is 11.5 Å². The van der Waals surface area contributed by atoms with Gasteiger partial charge in [0.05, 0.1) is 19.8 Å². The second-order valence-corrected chi connectivity index (χ2v) is 7.74. The monoisotopic (exact) mass is 499 g/mol. The molecule has 0 heterocycles. The highest BCUT2D eigenvalue weighted by Gasteiger charge is 2.22. The van der Waals surface area contributed by atoms with Crippen LogP contribution in [-0.2, 0) is 30.2 Å². The van der Waals surface area contributed by atoms with Crippen LogP contribution in [0.15, 0.2) is 18.2 Å². The predicted molar refractivity (Wildman–Crippen MR) is 122 cm³/mol. The van der Waals surface area contributed by atoms with Crippen LogP contribution in [0, 0.1) is 5.92 Å². The lowest BCUT2D eigenvalue weighted by molar-refractivity contribution is -0.139. The fourth-order valence-electron chi connectivity index (χ4n) is 2.58. The molecule has 1 aromatic rings. The lowest BCUT2D eigenvalue weighted by Crippen LogP contribution is -2.42. The number of rotatable bonds is 13. The lowest BCUT2D eigenvalue weighted by Gasteiger charge is -2.19. The number of hydrogen-bond donors (Lipinski definition) is 2. The fourth-order valence-corrected chi connectivity index (χ4v) is 2.58. The van der Waals surface area contributed by atoms with Gasteiger partial charge in [0.15, 0.2) is 11.5 Å². The molecule has 0 aliphatic heterocycles. The molecule has 1 aromatic carbocycles. The van der Waals surface area contributed by atoms with Gasteiger partial charge < -0.3 is 38.8 Å². The molecule has 12 nitrogen and oxygen atoms in total. The van der Waals surface area contributed by atoms with Gasteiger partial charge in [-0.25, -0.2) is 14.4 Å². The number of carboxylic acid groups (broad SMARTS) is 1. The van der Waals surface area contributed by atoms with Crippen molar-refractivity contribution in [1.82, 2.24) is 5.32 Å². The summed E-state index contributed by atoms with van der Waals surface area (Å²) in [6.07, 6.45) is -3.54. The molecule has 196 valence electrons. The Bertz CT molecular complexity index is 856. The maximum Gasteiger partial charge on any atom is 0.513 e. The molecular formula is C23H33NO11. The van der Waals surface area contributed by atoms with Crippen LogP contribution in [0.1, 0.15) is 40.2 Å². The largest absolute Gasteiger partial charge is 0.513 e. The summed E-state index contributed by atoms with van der Waals surface area (Å²) >= 11 is 0. The van der Waals surface area contributed by atoms with Crippen molar-refractivity contribution in [3.8, 4) is 11.5 Å². The Balaban J connectivity index is 2.88. The number of carbonyl (C=O) groups excluding carboxylic acids is 3. The molecule has 0 spiro atoms. The zero-order chi connectivity index (χ0) is 26.4. The van der Waals surface area contributed by atoms with Gasteiger partial charge in [0.1, 0.15) is 12.1 Å². The van der Waals surface area contributed by atoms with Crippen molar-refractivity contribution in [2.45, 2.75) is 53.2 Å². The smallest absolute Gasteiger partial charge is 0.480 e. The van der Waals surface area contributed by atoms with Gasteiger partial charge in [0.2, 0.25) is 0 Å². The zero-order valence-corrected chi connectivity index (χ0v) is 20.5. The maximum atomic E-state index is 11.8. The average molecular weight is 500 g/mol. The van der Waals surface area contributed by atoms with Crippen molar-refractivity contribution in [3.05, 3.63) is 23.8 Å². The molecule has 2 N–H and O–H groups in total. The Morgan fingerprint density at radius 2 is 1.49 bits per heavy atom. The van der Waals surface area contributed by atoms with E-state index in [9.17, 15) is 24.3 Å². The van der Waals surface area contributed by atoms with Crippen molar-refractivity contribution in [2.24, 2.45) is 5.92 Å². The molecule has 35 heavy (non-hydrogen) atoms. The Morgan fingerprint density at radius 3 is 2.03 bits per heavy atom. The van der Waals surface area contributed by atoms with Crippen LogP contribution in [-0.4, -0.2) is 68.1 Å². The van der Waals surface area contributed by atoms with Crippen LogP contribution in [0.3, 0.4) is 0 Å². The molecular weight excluding hydrogens is 466 g/mol. The van der Waals surface area contributed by atoms with Crippen molar-refractivity contribution in [1.29, 1.82) is 0 Å². The summed E-state index contributed by atoms with van der Waals surface area (Å²) < 4.78 is 29.6. The van der Waals surface area contributed by atoms with E-state index in [1.165, 1.54) is 18.2 Å². The first kappa shape index (κ1) is 29.5. The molecule has 0 aliphatic carbocycles. The highest BCUT2D eigenvalue weighted by Crippen LogP contribution is 2.30. The van der Waals surface area contributed by atoms with Gasteiger partial charge in [0, 0.05) is 6.54 Å². The SMILES string of the molecule is CCOC(=O)Oc1ccc(C[C@H](NCC(C)OC(=O)OCC(C)C)C(=O)O)cc1OC(=O)OCC. The van der Waals surface area contributed by atoms with E-state index in [1.54, 1.807) is 20.8 Å². The van der Waals surface area contributed by atoms with E-state index in [1.807, 2.05) is 13.8 Å². The molecule has 1 rings (SSSR count). The van der Waals surface area contributed by atoms with Gasteiger partial charge in [0.25, 0.3) is 0 Å². The van der Waals surface area contributed by atoms with Crippen molar-refractivity contribution < 1.29 is 52.7 Å². The van der Waals surface area contributed by atoms with Crippen molar-refractivity contribution >= 4 is 24.4 Å². The Morgan fingerprint density at radius 1 is 0.886 bits per heavy atom. The van der Waals surface area contributed by atoms with Crippen LogP contribution in [0.25, 0.3) is 0 Å². The minimum Gasteiger partial charge on any atom is -0.480 e. The van der Waals surface area contributed by atoms with Crippen LogP contribution in [0.2, 0.25) is 0 Å². The van der Waals surface area contributed by atoms with E-state index < -0.39 is 36.6 Å².